The molecule has 1 fully saturated rings. The summed E-state index contributed by atoms with van der Waals surface area (Å²) in [5.74, 6) is -0.639. The van der Waals surface area contributed by atoms with Crippen molar-refractivity contribution in [1.29, 1.82) is 0 Å². The molecule has 0 radical (unpaired) electrons. The van der Waals surface area contributed by atoms with Crippen LogP contribution in [-0.2, 0) is 9.53 Å². The highest BCUT2D eigenvalue weighted by Gasteiger charge is 2.18. The Labute approximate surface area is 157 Å². The Morgan fingerprint density at radius 1 is 1.12 bits per heavy atom. The van der Waals surface area contributed by atoms with Gasteiger partial charge in [-0.25, -0.2) is 9.48 Å². The fourth-order valence-corrected chi connectivity index (χ4v) is 3.18. The summed E-state index contributed by atoms with van der Waals surface area (Å²) < 4.78 is 6.89. The van der Waals surface area contributed by atoms with Gasteiger partial charge in [-0.05, 0) is 57.4 Å². The van der Waals surface area contributed by atoms with Crippen LogP contribution in [0.15, 0.2) is 24.3 Å². The molecule has 7 heteroatoms. The molecule has 1 amide bonds. The average Bonchev–Trinajstić information content (AvgIpc) is 2.94. The minimum atomic E-state index is -0.506. The summed E-state index contributed by atoms with van der Waals surface area (Å²) in [4.78, 5) is 26.0. The minimum Gasteiger partial charge on any atom is -0.452 e. The predicted molar refractivity (Wildman–Crippen MR) is 98.8 cm³/mol. The van der Waals surface area contributed by atoms with Crippen molar-refractivity contribution in [2.24, 2.45) is 0 Å². The first-order valence-electron chi connectivity index (χ1n) is 8.74. The number of carbonyl (C=O) groups is 2. The zero-order chi connectivity index (χ0) is 18.7. The highest BCUT2D eigenvalue weighted by molar-refractivity contribution is 6.31. The number of ether oxygens (including phenoxy) is 1. The van der Waals surface area contributed by atoms with Gasteiger partial charge in [-0.2, -0.15) is 5.10 Å². The van der Waals surface area contributed by atoms with Gasteiger partial charge in [-0.3, -0.25) is 4.79 Å². The van der Waals surface area contributed by atoms with Crippen LogP contribution in [0.5, 0.6) is 0 Å². The number of esters is 1. The maximum atomic E-state index is 12.2. The molecule has 0 aliphatic carbocycles. The number of nitrogens with zero attached hydrogens (tertiary/aromatic N) is 3. The second kappa shape index (κ2) is 7.91. The Bertz CT molecular complexity index is 808. The van der Waals surface area contributed by atoms with E-state index in [0.29, 0.717) is 10.6 Å². The van der Waals surface area contributed by atoms with Crippen molar-refractivity contribution in [3.8, 4) is 5.69 Å². The molecule has 0 spiro atoms. The van der Waals surface area contributed by atoms with Crippen molar-refractivity contribution in [3.63, 3.8) is 0 Å². The molecule has 1 aromatic heterocycles. The van der Waals surface area contributed by atoms with Gasteiger partial charge in [0.05, 0.1) is 27.7 Å². The third-order valence-electron chi connectivity index (χ3n) is 4.59. The van der Waals surface area contributed by atoms with E-state index in [1.54, 1.807) is 33.8 Å². The van der Waals surface area contributed by atoms with E-state index in [9.17, 15) is 9.59 Å². The van der Waals surface area contributed by atoms with E-state index in [1.807, 2.05) is 13.8 Å². The van der Waals surface area contributed by atoms with Gasteiger partial charge in [0.15, 0.2) is 6.61 Å². The van der Waals surface area contributed by atoms with Gasteiger partial charge in [0.2, 0.25) is 0 Å². The quantitative estimate of drug-likeness (QED) is 0.769. The van der Waals surface area contributed by atoms with Gasteiger partial charge in [-0.15, -0.1) is 0 Å². The number of hydrogen-bond donors (Lipinski definition) is 0. The lowest BCUT2D eigenvalue weighted by molar-refractivity contribution is -0.135. The van der Waals surface area contributed by atoms with E-state index in [0.717, 1.165) is 49.4 Å². The van der Waals surface area contributed by atoms with Crippen LogP contribution in [0.4, 0.5) is 0 Å². The van der Waals surface area contributed by atoms with Crippen molar-refractivity contribution >= 4 is 23.5 Å². The molecule has 0 bridgehead atoms. The van der Waals surface area contributed by atoms with Crippen LogP contribution in [0.3, 0.4) is 0 Å². The fraction of sp³-hybridized carbons (Fsp3) is 0.421. The number of carbonyl (C=O) groups excluding carboxylic acids is 2. The molecule has 1 aliphatic rings. The largest absolute Gasteiger partial charge is 0.452 e. The number of amides is 1. The molecule has 3 rings (SSSR count). The molecule has 0 atom stereocenters. The van der Waals surface area contributed by atoms with E-state index >= 15 is 0 Å². The average molecular weight is 376 g/mol. The van der Waals surface area contributed by atoms with Crippen LogP contribution in [0.1, 0.15) is 41.0 Å². The predicted octanol–water partition coefficient (Wildman–Crippen LogP) is 3.31. The Balaban J connectivity index is 1.61. The third kappa shape index (κ3) is 3.90. The van der Waals surface area contributed by atoms with Crippen molar-refractivity contribution < 1.29 is 14.3 Å². The van der Waals surface area contributed by atoms with Crippen molar-refractivity contribution in [2.75, 3.05) is 19.7 Å². The summed E-state index contributed by atoms with van der Waals surface area (Å²) in [6.07, 6.45) is 3.17. The van der Waals surface area contributed by atoms with Crippen LogP contribution in [0, 0.1) is 13.8 Å². The standard InChI is InChI=1S/C19H22ClN3O3/c1-13-18(20)14(2)23(21-13)16-8-6-15(7-9-16)19(25)26-12-17(24)22-10-4-3-5-11-22/h6-9H,3-5,10-12H2,1-2H3. The molecule has 26 heavy (non-hydrogen) atoms. The van der Waals surface area contributed by atoms with Crippen molar-refractivity contribution in [1.82, 2.24) is 14.7 Å². The number of aromatic nitrogens is 2. The van der Waals surface area contributed by atoms with Gasteiger partial charge in [-0.1, -0.05) is 11.6 Å². The van der Waals surface area contributed by atoms with Gasteiger partial charge in [0, 0.05) is 13.1 Å². The monoisotopic (exact) mass is 375 g/mol. The molecule has 0 unspecified atom stereocenters. The Hall–Kier alpha value is -2.34. The van der Waals surface area contributed by atoms with Crippen LogP contribution in [0.25, 0.3) is 5.69 Å². The number of halogens is 1. The Morgan fingerprint density at radius 3 is 2.35 bits per heavy atom. The number of rotatable bonds is 4. The topological polar surface area (TPSA) is 64.4 Å². The molecule has 1 saturated heterocycles. The number of piperidine rings is 1. The zero-order valence-corrected chi connectivity index (χ0v) is 15.8. The smallest absolute Gasteiger partial charge is 0.338 e. The highest BCUT2D eigenvalue weighted by Crippen LogP contribution is 2.22. The normalized spacial score (nSPS) is 14.3. The first kappa shape index (κ1) is 18.5. The van der Waals surface area contributed by atoms with Crippen LogP contribution >= 0.6 is 11.6 Å². The Morgan fingerprint density at radius 2 is 1.77 bits per heavy atom. The van der Waals surface area contributed by atoms with Gasteiger partial charge in [0.1, 0.15) is 0 Å². The molecular weight excluding hydrogens is 354 g/mol. The zero-order valence-electron chi connectivity index (χ0n) is 15.0. The molecule has 0 N–H and O–H groups in total. The number of hydrogen-bond acceptors (Lipinski definition) is 4. The van der Waals surface area contributed by atoms with E-state index in [4.69, 9.17) is 16.3 Å². The first-order valence-corrected chi connectivity index (χ1v) is 9.12. The molecule has 6 nitrogen and oxygen atoms in total. The number of aryl methyl sites for hydroxylation is 1. The van der Waals surface area contributed by atoms with Crippen molar-refractivity contribution in [2.45, 2.75) is 33.1 Å². The van der Waals surface area contributed by atoms with Crippen molar-refractivity contribution in [3.05, 3.63) is 46.2 Å². The maximum absolute atomic E-state index is 12.2. The summed E-state index contributed by atoms with van der Waals surface area (Å²) in [7, 11) is 0. The minimum absolute atomic E-state index is 0.132. The summed E-state index contributed by atoms with van der Waals surface area (Å²) in [5.41, 5.74) is 2.79. The summed E-state index contributed by atoms with van der Waals surface area (Å²) in [6, 6.07) is 6.87. The maximum Gasteiger partial charge on any atom is 0.338 e. The highest BCUT2D eigenvalue weighted by atomic mass is 35.5. The fourth-order valence-electron chi connectivity index (χ4n) is 3.06. The molecule has 1 aromatic carbocycles. The Kier molecular flexibility index (Phi) is 5.61. The molecule has 0 saturated carbocycles. The summed E-state index contributed by atoms with van der Waals surface area (Å²) in [5, 5.41) is 5.01. The summed E-state index contributed by atoms with van der Waals surface area (Å²) in [6.45, 7) is 5.01. The molecule has 2 aromatic rings. The second-order valence-corrected chi connectivity index (χ2v) is 6.84. The molecule has 138 valence electrons. The van der Waals surface area contributed by atoms with Gasteiger partial charge in [0.25, 0.3) is 5.91 Å². The molecule has 1 aliphatic heterocycles. The first-order chi connectivity index (χ1) is 12.5. The lowest BCUT2D eigenvalue weighted by Crippen LogP contribution is -2.38. The van der Waals surface area contributed by atoms with E-state index < -0.39 is 5.97 Å². The molecular formula is C19H22ClN3O3. The number of likely N-dealkylation sites (tertiary alicyclic amines) is 1. The van der Waals surface area contributed by atoms with Crippen LogP contribution < -0.4 is 0 Å². The van der Waals surface area contributed by atoms with Crippen LogP contribution in [-0.4, -0.2) is 46.3 Å². The lowest BCUT2D eigenvalue weighted by Gasteiger charge is -2.26. The second-order valence-electron chi connectivity index (χ2n) is 6.46. The van der Waals surface area contributed by atoms with Gasteiger partial charge < -0.3 is 9.64 Å². The molecule has 2 heterocycles. The third-order valence-corrected chi connectivity index (χ3v) is 5.13. The van der Waals surface area contributed by atoms with Gasteiger partial charge >= 0.3 is 5.97 Å². The lowest BCUT2D eigenvalue weighted by atomic mass is 10.1. The van der Waals surface area contributed by atoms with Crippen LogP contribution in [0.2, 0.25) is 5.02 Å². The van der Waals surface area contributed by atoms with E-state index in [1.165, 1.54) is 0 Å². The SMILES string of the molecule is Cc1nn(-c2ccc(C(=O)OCC(=O)N3CCCCC3)cc2)c(C)c1Cl. The summed E-state index contributed by atoms with van der Waals surface area (Å²) >= 11 is 6.17. The van der Waals surface area contributed by atoms with E-state index in [2.05, 4.69) is 5.10 Å². The number of benzene rings is 1. The van der Waals surface area contributed by atoms with E-state index in [-0.39, 0.29) is 12.5 Å².